The van der Waals surface area contributed by atoms with Gasteiger partial charge in [-0.15, -0.1) is 0 Å². The van der Waals surface area contributed by atoms with Crippen molar-refractivity contribution in [2.75, 3.05) is 0 Å². The van der Waals surface area contributed by atoms with Crippen LogP contribution in [0, 0.1) is 10.1 Å². The molecule has 1 aromatic rings. The average Bonchev–Trinajstić information content (AvgIpc) is 2.15. The third-order valence-electron chi connectivity index (χ3n) is 1.69. The fourth-order valence-electron chi connectivity index (χ4n) is 1.00. The van der Waals surface area contributed by atoms with Crippen LogP contribution >= 0.6 is 0 Å². The minimum atomic E-state index is -3.22. The second-order valence-electron chi connectivity index (χ2n) is 2.68. The number of carbonyl (C=O) groups is 1. The van der Waals surface area contributed by atoms with Crippen LogP contribution in [0.15, 0.2) is 10.9 Å². The van der Waals surface area contributed by atoms with Gasteiger partial charge in [0, 0.05) is 6.07 Å². The molecule has 0 bridgehead atoms. The Morgan fingerprint density at radius 1 is 1.56 bits per heavy atom. The lowest BCUT2D eigenvalue weighted by Crippen LogP contribution is -2.19. The molecule has 0 amide bonds. The largest absolute Gasteiger partial charge is 0.476 e. The van der Waals surface area contributed by atoms with Gasteiger partial charge in [-0.05, 0) is 0 Å². The van der Waals surface area contributed by atoms with Crippen molar-refractivity contribution in [3.63, 3.8) is 0 Å². The third kappa shape index (κ3) is 2.02. The molecule has 1 heterocycles. The molecule has 0 aromatic carbocycles. The molecule has 0 spiro atoms. The first-order chi connectivity index (χ1) is 7.34. The molecule has 0 aliphatic heterocycles. The van der Waals surface area contributed by atoms with Crippen LogP contribution in [0.3, 0.4) is 0 Å². The van der Waals surface area contributed by atoms with Crippen LogP contribution < -0.4 is 5.56 Å². The number of pyridine rings is 1. The van der Waals surface area contributed by atoms with E-state index in [-0.39, 0.29) is 6.07 Å². The van der Waals surface area contributed by atoms with Crippen molar-refractivity contribution in [2.45, 2.75) is 6.43 Å². The molecule has 1 aromatic heterocycles. The number of hydrogen-bond donors (Lipinski definition) is 2. The molecule has 0 saturated carbocycles. The Bertz CT molecular complexity index is 510. The summed E-state index contributed by atoms with van der Waals surface area (Å²) in [5, 5.41) is 18.9. The Labute approximate surface area is 85.5 Å². The highest BCUT2D eigenvalue weighted by atomic mass is 19.3. The minimum absolute atomic E-state index is 0.257. The maximum Gasteiger partial charge on any atom is 0.359 e. The van der Waals surface area contributed by atoms with Crippen LogP contribution in [-0.4, -0.2) is 21.0 Å². The third-order valence-corrected chi connectivity index (χ3v) is 1.69. The predicted molar refractivity (Wildman–Crippen MR) is 45.6 cm³/mol. The van der Waals surface area contributed by atoms with Crippen LogP contribution in [0.1, 0.15) is 22.5 Å². The number of carboxylic acid groups (broad SMARTS) is 1. The number of H-pyrrole nitrogens is 1. The number of hydrogen-bond acceptors (Lipinski definition) is 4. The predicted octanol–water partition coefficient (Wildman–Crippen LogP) is 0.919. The van der Waals surface area contributed by atoms with Crippen LogP contribution in [0.5, 0.6) is 0 Å². The molecule has 0 aliphatic carbocycles. The number of aromatic nitrogens is 1. The summed E-state index contributed by atoms with van der Waals surface area (Å²) in [6.45, 7) is 0. The van der Waals surface area contributed by atoms with E-state index in [9.17, 15) is 28.5 Å². The number of halogens is 2. The van der Waals surface area contributed by atoms with Gasteiger partial charge in [0.2, 0.25) is 5.69 Å². The number of nitrogens with one attached hydrogen (secondary N) is 1. The van der Waals surface area contributed by atoms with Crippen molar-refractivity contribution in [1.82, 2.24) is 4.98 Å². The number of nitro groups is 1. The quantitative estimate of drug-likeness (QED) is 0.596. The summed E-state index contributed by atoms with van der Waals surface area (Å²) >= 11 is 0. The van der Waals surface area contributed by atoms with Gasteiger partial charge >= 0.3 is 11.7 Å². The molecule has 9 heteroatoms. The Kier molecular flexibility index (Phi) is 2.97. The molecule has 0 saturated heterocycles. The fourth-order valence-corrected chi connectivity index (χ4v) is 1.00. The van der Waals surface area contributed by atoms with E-state index in [0.717, 1.165) is 0 Å². The van der Waals surface area contributed by atoms with E-state index >= 15 is 0 Å². The number of alkyl halides is 2. The van der Waals surface area contributed by atoms with Gasteiger partial charge in [-0.2, -0.15) is 0 Å². The topological polar surface area (TPSA) is 113 Å². The van der Waals surface area contributed by atoms with E-state index in [2.05, 4.69) is 0 Å². The van der Waals surface area contributed by atoms with Crippen molar-refractivity contribution in [2.24, 2.45) is 0 Å². The van der Waals surface area contributed by atoms with Crippen LogP contribution in [-0.2, 0) is 0 Å². The Balaban J connectivity index is 3.56. The van der Waals surface area contributed by atoms with Gasteiger partial charge in [-0.3, -0.25) is 14.9 Å². The normalized spacial score (nSPS) is 10.4. The number of carboxylic acids is 1. The van der Waals surface area contributed by atoms with Crippen LogP contribution in [0.2, 0.25) is 0 Å². The van der Waals surface area contributed by atoms with Gasteiger partial charge < -0.3 is 10.1 Å². The summed E-state index contributed by atoms with van der Waals surface area (Å²) in [6.07, 6.45) is -3.22. The van der Waals surface area contributed by atoms with Gasteiger partial charge in [0.05, 0.1) is 10.5 Å². The summed E-state index contributed by atoms with van der Waals surface area (Å²) < 4.78 is 24.4. The van der Waals surface area contributed by atoms with Gasteiger partial charge in [0.15, 0.2) is 0 Å². The Hall–Kier alpha value is -2.32. The van der Waals surface area contributed by atoms with Crippen LogP contribution in [0.4, 0.5) is 14.5 Å². The number of aromatic carboxylic acids is 1. The highest BCUT2D eigenvalue weighted by Gasteiger charge is 2.25. The first-order valence-corrected chi connectivity index (χ1v) is 3.77. The number of nitrogens with zero attached hydrogens (tertiary/aromatic N) is 1. The second kappa shape index (κ2) is 4.04. The standard InChI is InChI=1S/C7H4F2N2O5/c8-5(9)2-1-3(11(15)16)4(7(13)14)10-6(2)12/h1,5H,(H,10,12)(H,13,14). The lowest BCUT2D eigenvalue weighted by molar-refractivity contribution is -0.385. The summed E-state index contributed by atoms with van der Waals surface area (Å²) in [7, 11) is 0. The molecular weight excluding hydrogens is 230 g/mol. The van der Waals surface area contributed by atoms with E-state index in [1.54, 1.807) is 0 Å². The molecule has 16 heavy (non-hydrogen) atoms. The molecule has 0 radical (unpaired) electrons. The maximum absolute atomic E-state index is 12.2. The molecule has 7 nitrogen and oxygen atoms in total. The summed E-state index contributed by atoms with van der Waals surface area (Å²) in [5.41, 5.74) is -4.61. The molecular formula is C7H4F2N2O5. The zero-order valence-electron chi connectivity index (χ0n) is 7.44. The Morgan fingerprint density at radius 3 is 2.50 bits per heavy atom. The van der Waals surface area contributed by atoms with Crippen LogP contribution in [0.25, 0.3) is 0 Å². The molecule has 0 aliphatic rings. The lowest BCUT2D eigenvalue weighted by atomic mass is 10.2. The van der Waals surface area contributed by atoms with Crippen molar-refractivity contribution >= 4 is 11.7 Å². The van der Waals surface area contributed by atoms with Crippen molar-refractivity contribution in [3.8, 4) is 0 Å². The molecule has 0 fully saturated rings. The summed E-state index contributed by atoms with van der Waals surface area (Å²) in [6, 6.07) is 0.257. The first kappa shape index (κ1) is 11.8. The Morgan fingerprint density at radius 2 is 2.12 bits per heavy atom. The molecule has 2 N–H and O–H groups in total. The molecule has 0 unspecified atom stereocenters. The molecule has 0 atom stereocenters. The summed E-state index contributed by atoms with van der Waals surface area (Å²) in [4.78, 5) is 32.2. The van der Waals surface area contributed by atoms with Gasteiger partial charge in [-0.1, -0.05) is 0 Å². The molecule has 86 valence electrons. The zero-order chi connectivity index (χ0) is 12.5. The van der Waals surface area contributed by atoms with E-state index in [1.807, 2.05) is 0 Å². The maximum atomic E-state index is 12.2. The lowest BCUT2D eigenvalue weighted by Gasteiger charge is -2.01. The smallest absolute Gasteiger partial charge is 0.359 e. The average molecular weight is 234 g/mol. The summed E-state index contributed by atoms with van der Waals surface area (Å²) in [5.74, 6) is -1.77. The van der Waals surface area contributed by atoms with Crippen molar-refractivity contribution < 1.29 is 23.6 Å². The highest BCUT2D eigenvalue weighted by molar-refractivity contribution is 5.89. The van der Waals surface area contributed by atoms with E-state index < -0.39 is 39.8 Å². The first-order valence-electron chi connectivity index (χ1n) is 3.77. The fraction of sp³-hybridized carbons (Fsp3) is 0.143. The monoisotopic (exact) mass is 234 g/mol. The highest BCUT2D eigenvalue weighted by Crippen LogP contribution is 2.21. The zero-order valence-corrected chi connectivity index (χ0v) is 7.44. The molecule has 1 rings (SSSR count). The van der Waals surface area contributed by atoms with E-state index in [1.165, 1.54) is 4.98 Å². The van der Waals surface area contributed by atoms with Crippen molar-refractivity contribution in [1.29, 1.82) is 0 Å². The van der Waals surface area contributed by atoms with Gasteiger partial charge in [0.1, 0.15) is 0 Å². The van der Waals surface area contributed by atoms with E-state index in [0.29, 0.717) is 0 Å². The van der Waals surface area contributed by atoms with Gasteiger partial charge in [-0.25, -0.2) is 13.6 Å². The number of rotatable bonds is 3. The minimum Gasteiger partial charge on any atom is -0.476 e. The van der Waals surface area contributed by atoms with E-state index in [4.69, 9.17) is 5.11 Å². The van der Waals surface area contributed by atoms with Crippen molar-refractivity contribution in [3.05, 3.63) is 37.8 Å². The van der Waals surface area contributed by atoms with Gasteiger partial charge in [0.25, 0.3) is 12.0 Å². The second-order valence-corrected chi connectivity index (χ2v) is 2.68. The SMILES string of the molecule is O=C(O)c1[nH]c(=O)c(C(F)F)cc1[N+](=O)[O-]. The number of aromatic amines is 1.